The van der Waals surface area contributed by atoms with Gasteiger partial charge in [-0.1, -0.05) is 12.1 Å². The summed E-state index contributed by atoms with van der Waals surface area (Å²) in [5, 5.41) is 9.94. The molecule has 31 heavy (non-hydrogen) atoms. The second-order valence-corrected chi connectivity index (χ2v) is 9.82. The number of likely N-dealkylation sites (tertiary alicyclic amines) is 2. The average molecular weight is 430 g/mol. The van der Waals surface area contributed by atoms with Crippen LogP contribution in [-0.2, 0) is 16.0 Å². The monoisotopic (exact) mass is 429 g/mol. The molecule has 4 aliphatic heterocycles. The summed E-state index contributed by atoms with van der Waals surface area (Å²) in [5.41, 5.74) is 1.12. The van der Waals surface area contributed by atoms with Gasteiger partial charge in [0.2, 0.25) is 11.8 Å². The lowest BCUT2D eigenvalue weighted by molar-refractivity contribution is -0.164. The van der Waals surface area contributed by atoms with Gasteiger partial charge in [-0.2, -0.15) is 0 Å². The SMILES string of the molecule is O=C([C@H]1[C@H]2C[C@H](CN(CCc3ccc(F)cc3)C2)[C@@H]2CCCC(=O)N21)N1CC[C@H](O)C1. The molecule has 4 aliphatic rings. The molecule has 1 aromatic rings. The molecule has 0 saturated carbocycles. The number of hydrogen-bond acceptors (Lipinski definition) is 4. The number of carbonyl (C=O) groups excluding carboxylic acids is 2. The standard InChI is InChI=1S/C24H32FN3O3/c25-19-6-4-16(5-7-19)8-10-26-13-17-12-18(14-26)23(24(31)27-11-9-20(29)15-27)28-21(17)2-1-3-22(28)30/h4-7,17-18,20-21,23,29H,1-3,8-15H2/t17-,18+,20+,21+,23-/m1/s1. The third kappa shape index (κ3) is 4.10. The van der Waals surface area contributed by atoms with Gasteiger partial charge in [0.05, 0.1) is 6.10 Å². The van der Waals surface area contributed by atoms with Crippen LogP contribution in [0.15, 0.2) is 24.3 Å². The molecule has 5 atom stereocenters. The van der Waals surface area contributed by atoms with Crippen LogP contribution in [-0.4, -0.2) is 82.5 Å². The van der Waals surface area contributed by atoms with Gasteiger partial charge in [-0.3, -0.25) is 9.59 Å². The fourth-order valence-electron chi connectivity index (χ4n) is 6.32. The summed E-state index contributed by atoms with van der Waals surface area (Å²) < 4.78 is 13.2. The number of amides is 2. The molecular formula is C24H32FN3O3. The van der Waals surface area contributed by atoms with Crippen LogP contribution in [0.5, 0.6) is 0 Å². The van der Waals surface area contributed by atoms with E-state index in [1.165, 1.54) is 12.1 Å². The topological polar surface area (TPSA) is 64.1 Å². The van der Waals surface area contributed by atoms with Gasteiger partial charge in [-0.05, 0) is 55.7 Å². The van der Waals surface area contributed by atoms with E-state index in [1.54, 1.807) is 4.90 Å². The highest BCUT2D eigenvalue weighted by Crippen LogP contribution is 2.42. The van der Waals surface area contributed by atoms with Crippen molar-refractivity contribution in [2.75, 3.05) is 32.7 Å². The van der Waals surface area contributed by atoms with Gasteiger partial charge in [0.25, 0.3) is 0 Å². The number of aliphatic hydroxyl groups excluding tert-OH is 1. The molecule has 2 bridgehead atoms. The van der Waals surface area contributed by atoms with Crippen LogP contribution in [0.25, 0.3) is 0 Å². The van der Waals surface area contributed by atoms with E-state index < -0.39 is 12.1 Å². The predicted octanol–water partition coefficient (Wildman–Crippen LogP) is 1.66. The van der Waals surface area contributed by atoms with Crippen molar-refractivity contribution in [1.82, 2.24) is 14.7 Å². The number of hydrogen-bond donors (Lipinski definition) is 1. The van der Waals surface area contributed by atoms with Crippen LogP contribution in [0.4, 0.5) is 4.39 Å². The summed E-state index contributed by atoms with van der Waals surface area (Å²) in [5.74, 6) is 0.482. The van der Waals surface area contributed by atoms with Crippen molar-refractivity contribution in [1.29, 1.82) is 0 Å². The maximum atomic E-state index is 13.5. The molecule has 6 nitrogen and oxygen atoms in total. The lowest BCUT2D eigenvalue weighted by Crippen LogP contribution is -2.68. The van der Waals surface area contributed by atoms with Crippen molar-refractivity contribution in [3.63, 3.8) is 0 Å². The van der Waals surface area contributed by atoms with Crippen LogP contribution >= 0.6 is 0 Å². The van der Waals surface area contributed by atoms with Gasteiger partial charge in [0.15, 0.2) is 0 Å². The minimum absolute atomic E-state index is 0.0284. The molecule has 7 heteroatoms. The van der Waals surface area contributed by atoms with E-state index in [2.05, 4.69) is 4.90 Å². The molecule has 1 aromatic carbocycles. The van der Waals surface area contributed by atoms with E-state index in [9.17, 15) is 19.1 Å². The van der Waals surface area contributed by atoms with E-state index in [-0.39, 0.29) is 29.6 Å². The fraction of sp³-hybridized carbons (Fsp3) is 0.667. The Balaban J connectivity index is 1.34. The summed E-state index contributed by atoms with van der Waals surface area (Å²) >= 11 is 0. The predicted molar refractivity (Wildman–Crippen MR) is 114 cm³/mol. The molecular weight excluding hydrogens is 397 g/mol. The van der Waals surface area contributed by atoms with Gasteiger partial charge in [0.1, 0.15) is 11.9 Å². The van der Waals surface area contributed by atoms with Gasteiger partial charge < -0.3 is 19.8 Å². The number of fused-ring (bicyclic) bond motifs is 4. The number of carbonyl (C=O) groups is 2. The van der Waals surface area contributed by atoms with Gasteiger partial charge >= 0.3 is 0 Å². The molecule has 4 fully saturated rings. The minimum Gasteiger partial charge on any atom is -0.391 e. The molecule has 0 spiro atoms. The first-order valence-corrected chi connectivity index (χ1v) is 11.7. The number of β-amino-alcohol motifs (C(OH)–C–C–N with tert-alkyl or cyclic N) is 1. The Labute approximate surface area is 183 Å². The number of rotatable bonds is 4. The number of nitrogens with zero attached hydrogens (tertiary/aromatic N) is 3. The van der Waals surface area contributed by atoms with Crippen LogP contribution in [0.3, 0.4) is 0 Å². The molecule has 5 rings (SSSR count). The number of piperidine rings is 3. The molecule has 0 radical (unpaired) electrons. The van der Waals surface area contributed by atoms with Crippen LogP contribution in [0, 0.1) is 17.7 Å². The highest BCUT2D eigenvalue weighted by atomic mass is 19.1. The maximum absolute atomic E-state index is 13.5. The summed E-state index contributed by atoms with van der Waals surface area (Å²) in [7, 11) is 0. The number of aliphatic hydroxyl groups is 1. The van der Waals surface area contributed by atoms with Crippen molar-refractivity contribution in [2.24, 2.45) is 11.8 Å². The van der Waals surface area contributed by atoms with E-state index in [0.29, 0.717) is 31.8 Å². The molecule has 0 unspecified atom stereocenters. The second kappa shape index (κ2) is 8.51. The zero-order chi connectivity index (χ0) is 21.5. The van der Waals surface area contributed by atoms with Gasteiger partial charge in [-0.15, -0.1) is 0 Å². The van der Waals surface area contributed by atoms with Crippen molar-refractivity contribution >= 4 is 11.8 Å². The van der Waals surface area contributed by atoms with Crippen molar-refractivity contribution < 1.29 is 19.1 Å². The van der Waals surface area contributed by atoms with Crippen LogP contribution in [0.2, 0.25) is 0 Å². The Morgan fingerprint density at radius 3 is 2.61 bits per heavy atom. The quantitative estimate of drug-likeness (QED) is 0.791. The minimum atomic E-state index is -0.452. The first kappa shape index (κ1) is 20.9. The highest BCUT2D eigenvalue weighted by Gasteiger charge is 2.52. The smallest absolute Gasteiger partial charge is 0.245 e. The third-order valence-corrected chi connectivity index (χ3v) is 7.78. The van der Waals surface area contributed by atoms with Crippen molar-refractivity contribution in [3.05, 3.63) is 35.6 Å². The number of halogens is 1. The molecule has 168 valence electrons. The first-order valence-electron chi connectivity index (χ1n) is 11.7. The lowest BCUT2D eigenvalue weighted by Gasteiger charge is -2.56. The molecule has 0 aliphatic carbocycles. The maximum Gasteiger partial charge on any atom is 0.245 e. The van der Waals surface area contributed by atoms with Gasteiger partial charge in [-0.25, -0.2) is 4.39 Å². The largest absolute Gasteiger partial charge is 0.391 e. The molecule has 1 N–H and O–H groups in total. The Hall–Kier alpha value is -1.99. The zero-order valence-corrected chi connectivity index (χ0v) is 18.0. The average Bonchev–Trinajstić information content (AvgIpc) is 3.20. The Bertz CT molecular complexity index is 832. The van der Waals surface area contributed by atoms with Crippen LogP contribution < -0.4 is 0 Å². The van der Waals surface area contributed by atoms with Crippen molar-refractivity contribution in [2.45, 2.75) is 56.7 Å². The summed E-state index contributed by atoms with van der Waals surface area (Å²) in [6.07, 6.45) is 4.43. The Morgan fingerprint density at radius 1 is 1.10 bits per heavy atom. The Kier molecular flexibility index (Phi) is 5.73. The molecule has 0 aromatic heterocycles. The Morgan fingerprint density at radius 2 is 1.87 bits per heavy atom. The highest BCUT2D eigenvalue weighted by molar-refractivity contribution is 5.89. The van der Waals surface area contributed by atoms with Crippen LogP contribution in [0.1, 0.15) is 37.7 Å². The van der Waals surface area contributed by atoms with E-state index in [4.69, 9.17) is 0 Å². The van der Waals surface area contributed by atoms with E-state index in [1.807, 2.05) is 17.0 Å². The summed E-state index contributed by atoms with van der Waals surface area (Å²) in [4.78, 5) is 32.6. The normalized spacial score (nSPS) is 33.5. The molecule has 4 saturated heterocycles. The summed E-state index contributed by atoms with van der Waals surface area (Å²) in [6, 6.07) is 6.44. The van der Waals surface area contributed by atoms with Gasteiger partial charge in [0, 0.05) is 51.1 Å². The zero-order valence-electron chi connectivity index (χ0n) is 18.0. The molecule has 2 amide bonds. The van der Waals surface area contributed by atoms with E-state index >= 15 is 0 Å². The second-order valence-electron chi connectivity index (χ2n) is 9.82. The fourth-order valence-corrected chi connectivity index (χ4v) is 6.32. The first-order chi connectivity index (χ1) is 15.0. The molecule has 4 heterocycles. The number of benzene rings is 1. The van der Waals surface area contributed by atoms with E-state index in [0.717, 1.165) is 50.9 Å². The summed E-state index contributed by atoms with van der Waals surface area (Å²) in [6.45, 7) is 3.60. The lowest BCUT2D eigenvalue weighted by atomic mass is 9.71. The van der Waals surface area contributed by atoms with Crippen molar-refractivity contribution in [3.8, 4) is 0 Å². The third-order valence-electron chi connectivity index (χ3n) is 7.78.